The number of nitrogens with zero attached hydrogens (tertiary/aromatic N) is 4. The maximum absolute atomic E-state index is 13.4. The van der Waals surface area contributed by atoms with Crippen molar-refractivity contribution in [1.82, 2.24) is 19.9 Å². The van der Waals surface area contributed by atoms with Crippen LogP contribution in [0.3, 0.4) is 0 Å². The molecule has 1 amide bonds. The van der Waals surface area contributed by atoms with Gasteiger partial charge in [-0.25, -0.2) is 4.68 Å². The van der Waals surface area contributed by atoms with Gasteiger partial charge in [-0.05, 0) is 84.2 Å². The molecule has 0 unspecified atom stereocenters. The molecule has 4 aromatic rings. The molecule has 6 heterocycles. The van der Waals surface area contributed by atoms with Gasteiger partial charge in [-0.15, -0.1) is 5.10 Å². The molecule has 0 saturated carbocycles. The third kappa shape index (κ3) is 4.89. The average molecular weight is 537 g/mol. The second-order valence-electron chi connectivity index (χ2n) is 11.4. The van der Waals surface area contributed by atoms with Crippen LogP contribution in [0.25, 0.3) is 11.0 Å². The summed E-state index contributed by atoms with van der Waals surface area (Å²) in [5.41, 5.74) is 8.99. The molecule has 40 heavy (non-hydrogen) atoms. The second-order valence-corrected chi connectivity index (χ2v) is 11.4. The summed E-state index contributed by atoms with van der Waals surface area (Å²) in [6.07, 6.45) is 6.18. The highest BCUT2D eigenvalue weighted by Crippen LogP contribution is 2.38. The first-order valence-electron chi connectivity index (χ1n) is 14.5. The van der Waals surface area contributed by atoms with Crippen LogP contribution in [0.15, 0.2) is 54.6 Å². The van der Waals surface area contributed by atoms with E-state index < -0.39 is 11.9 Å². The number of rotatable bonds is 2. The van der Waals surface area contributed by atoms with E-state index in [1.165, 1.54) is 11.1 Å². The van der Waals surface area contributed by atoms with Crippen molar-refractivity contribution in [1.29, 1.82) is 0 Å². The second kappa shape index (κ2) is 10.9. The zero-order chi connectivity index (χ0) is 27.8. The number of hydrogen-bond acceptors (Lipinski definition) is 4. The Labute approximate surface area is 234 Å². The van der Waals surface area contributed by atoms with Crippen LogP contribution in [0, 0.1) is 12.8 Å². The lowest BCUT2D eigenvalue weighted by molar-refractivity contribution is -0.141. The van der Waals surface area contributed by atoms with Gasteiger partial charge in [0.05, 0.1) is 11.4 Å². The lowest BCUT2D eigenvalue weighted by Gasteiger charge is -2.31. The molecule has 5 aliphatic heterocycles. The minimum Gasteiger partial charge on any atom is -0.481 e. The first kappa shape index (κ1) is 26.2. The van der Waals surface area contributed by atoms with E-state index >= 15 is 0 Å². The van der Waals surface area contributed by atoms with E-state index in [1.807, 2.05) is 34.7 Å². The molecule has 206 valence electrons. The summed E-state index contributed by atoms with van der Waals surface area (Å²) in [4.78, 5) is 27.7. The highest BCUT2D eigenvalue weighted by molar-refractivity contribution is 5.94. The Hall–Kier alpha value is -4.00. The fourth-order valence-corrected chi connectivity index (χ4v) is 6.45. The molecule has 0 radical (unpaired) electrons. The van der Waals surface area contributed by atoms with Crippen LogP contribution in [-0.4, -0.2) is 43.4 Å². The van der Waals surface area contributed by atoms with Crippen molar-refractivity contribution in [3.05, 3.63) is 93.5 Å². The molecule has 9 bridgehead atoms. The fourth-order valence-electron chi connectivity index (χ4n) is 6.45. The standard InChI is InChI=1S/C33H36N4O3/c1-21-28-14-15-29-31(21)34-35-37(29)17-6-4-3-5-7-23-8-10-25(11-9-23)32(38)36-18-16-24-12-13-26(19-27(24)20-36)30(28)22(2)33(39)40/h8-15,19,22,30H,3-7,16-18,20H2,1-2H3,(H,39,40)/t22-,30-/m0/s1. The molecule has 3 aromatic carbocycles. The summed E-state index contributed by atoms with van der Waals surface area (Å²) < 4.78 is 1.98. The summed E-state index contributed by atoms with van der Waals surface area (Å²) in [6, 6.07) is 18.5. The highest BCUT2D eigenvalue weighted by Gasteiger charge is 2.31. The molecule has 7 nitrogen and oxygen atoms in total. The minimum absolute atomic E-state index is 0.0459. The predicted molar refractivity (Wildman–Crippen MR) is 154 cm³/mol. The Balaban J connectivity index is 1.44. The van der Waals surface area contributed by atoms with Crippen LogP contribution in [-0.2, 0) is 30.7 Å². The van der Waals surface area contributed by atoms with Crippen LogP contribution >= 0.6 is 0 Å². The molecule has 0 spiro atoms. The van der Waals surface area contributed by atoms with E-state index in [0.717, 1.165) is 83.9 Å². The highest BCUT2D eigenvalue weighted by atomic mass is 16.4. The maximum Gasteiger partial charge on any atom is 0.307 e. The SMILES string of the molecule is Cc1c2ccc3c1nnn3CCCCCCc1ccc(cc1)C(=O)N1CCc3ccc(cc3C1)[C@@H]2[C@H](C)C(=O)O. The maximum atomic E-state index is 13.4. The van der Waals surface area contributed by atoms with Crippen molar-refractivity contribution in [3.8, 4) is 0 Å². The number of benzene rings is 3. The van der Waals surface area contributed by atoms with Crippen molar-refractivity contribution >= 4 is 22.9 Å². The molecular weight excluding hydrogens is 500 g/mol. The molecule has 0 saturated heterocycles. The van der Waals surface area contributed by atoms with E-state index in [4.69, 9.17) is 0 Å². The van der Waals surface area contributed by atoms with Crippen molar-refractivity contribution in [3.63, 3.8) is 0 Å². The normalized spacial score (nSPS) is 18.7. The number of carbonyl (C=O) groups excluding carboxylic acids is 1. The number of carboxylic acid groups (broad SMARTS) is 1. The van der Waals surface area contributed by atoms with Crippen LogP contribution < -0.4 is 0 Å². The van der Waals surface area contributed by atoms with Gasteiger partial charge in [-0.1, -0.05) is 61.4 Å². The monoisotopic (exact) mass is 536 g/mol. The molecule has 2 atom stereocenters. The Morgan fingerprint density at radius 1 is 0.950 bits per heavy atom. The number of carbonyl (C=O) groups is 2. The van der Waals surface area contributed by atoms with E-state index in [-0.39, 0.29) is 11.8 Å². The number of aryl methyl sites for hydroxylation is 3. The van der Waals surface area contributed by atoms with Gasteiger partial charge in [-0.3, -0.25) is 9.59 Å². The van der Waals surface area contributed by atoms with Crippen molar-refractivity contribution in [2.45, 2.75) is 71.4 Å². The molecule has 0 fully saturated rings. The van der Waals surface area contributed by atoms with Crippen molar-refractivity contribution < 1.29 is 14.7 Å². The molecule has 1 aromatic heterocycles. The van der Waals surface area contributed by atoms with Crippen molar-refractivity contribution in [2.75, 3.05) is 6.54 Å². The average Bonchev–Trinajstić information content (AvgIpc) is 3.39. The molecular formula is C33H36N4O3. The van der Waals surface area contributed by atoms with Gasteiger partial charge in [0.25, 0.3) is 5.91 Å². The third-order valence-electron chi connectivity index (χ3n) is 8.88. The molecule has 5 aliphatic rings. The molecule has 9 rings (SSSR count). The van der Waals surface area contributed by atoms with Gasteiger partial charge < -0.3 is 10.0 Å². The zero-order valence-corrected chi connectivity index (χ0v) is 23.3. The smallest absolute Gasteiger partial charge is 0.307 e. The number of aromatic nitrogens is 3. The van der Waals surface area contributed by atoms with Gasteiger partial charge in [0.1, 0.15) is 5.52 Å². The van der Waals surface area contributed by atoms with E-state index in [9.17, 15) is 14.7 Å². The Morgan fingerprint density at radius 3 is 2.55 bits per heavy atom. The van der Waals surface area contributed by atoms with Crippen LogP contribution in [0.5, 0.6) is 0 Å². The molecule has 7 heteroatoms. The van der Waals surface area contributed by atoms with Gasteiger partial charge in [0, 0.05) is 31.1 Å². The summed E-state index contributed by atoms with van der Waals surface area (Å²) >= 11 is 0. The predicted octanol–water partition coefficient (Wildman–Crippen LogP) is 5.91. The van der Waals surface area contributed by atoms with Gasteiger partial charge in [0.2, 0.25) is 0 Å². The quantitative estimate of drug-likeness (QED) is 0.344. The van der Waals surface area contributed by atoms with E-state index in [1.54, 1.807) is 6.92 Å². The van der Waals surface area contributed by atoms with Crippen LogP contribution in [0.4, 0.5) is 0 Å². The summed E-state index contributed by atoms with van der Waals surface area (Å²) in [5, 5.41) is 19.1. The van der Waals surface area contributed by atoms with Gasteiger partial charge in [-0.2, -0.15) is 0 Å². The number of amides is 1. The number of carboxylic acids is 1. The Morgan fingerprint density at radius 2 is 1.75 bits per heavy atom. The number of aliphatic carboxylic acids is 1. The molecule has 0 aliphatic carbocycles. The largest absolute Gasteiger partial charge is 0.481 e. The van der Waals surface area contributed by atoms with Crippen molar-refractivity contribution in [2.24, 2.45) is 5.92 Å². The summed E-state index contributed by atoms with van der Waals surface area (Å²) in [7, 11) is 0. The zero-order valence-electron chi connectivity index (χ0n) is 23.3. The minimum atomic E-state index is -0.840. The van der Waals surface area contributed by atoms with E-state index in [0.29, 0.717) is 13.1 Å². The summed E-state index contributed by atoms with van der Waals surface area (Å²) in [6.45, 7) is 5.80. The third-order valence-corrected chi connectivity index (χ3v) is 8.88. The molecule has 1 N–H and O–H groups in total. The fraction of sp³-hybridized carbons (Fsp3) is 0.394. The Bertz CT molecular complexity index is 1570. The Kier molecular flexibility index (Phi) is 7.13. The number of hydrogen-bond donors (Lipinski definition) is 1. The van der Waals surface area contributed by atoms with Crippen LogP contribution in [0.1, 0.15) is 82.3 Å². The first-order valence-corrected chi connectivity index (χ1v) is 14.5. The van der Waals surface area contributed by atoms with Gasteiger partial charge in [0.15, 0.2) is 0 Å². The first-order chi connectivity index (χ1) is 19.4. The van der Waals surface area contributed by atoms with E-state index in [2.05, 4.69) is 46.7 Å². The lowest BCUT2D eigenvalue weighted by Crippen LogP contribution is -2.36. The summed E-state index contributed by atoms with van der Waals surface area (Å²) in [5.74, 6) is -1.79. The van der Waals surface area contributed by atoms with Crippen LogP contribution in [0.2, 0.25) is 0 Å². The lowest BCUT2D eigenvalue weighted by atomic mass is 9.78. The van der Waals surface area contributed by atoms with Gasteiger partial charge >= 0.3 is 5.97 Å². The topological polar surface area (TPSA) is 88.3 Å².